The maximum absolute atomic E-state index is 12.6. The largest absolute Gasteiger partial charge is 0.493 e. The maximum atomic E-state index is 12.6. The molecule has 1 aromatic carbocycles. The highest BCUT2D eigenvalue weighted by molar-refractivity contribution is 5.94. The first kappa shape index (κ1) is 20.9. The molecule has 1 aliphatic heterocycles. The van der Waals surface area contributed by atoms with Crippen LogP contribution in [0.4, 0.5) is 5.95 Å². The number of carbonyl (C=O) groups excluding carboxylic acids is 1. The van der Waals surface area contributed by atoms with Gasteiger partial charge in [0.05, 0.1) is 25.5 Å². The zero-order chi connectivity index (χ0) is 20.8. The molecular formula is C21H29N5O3. The van der Waals surface area contributed by atoms with Crippen LogP contribution < -0.4 is 19.7 Å². The number of benzene rings is 1. The second-order valence-corrected chi connectivity index (χ2v) is 6.96. The first-order chi connectivity index (χ1) is 14.0. The average Bonchev–Trinajstić information content (AvgIpc) is 2.77. The molecule has 8 nitrogen and oxygen atoms in total. The lowest BCUT2D eigenvalue weighted by atomic mass is 10.2. The molecular weight excluding hydrogens is 370 g/mol. The molecule has 1 fully saturated rings. The van der Waals surface area contributed by atoms with Gasteiger partial charge in [0.2, 0.25) is 5.95 Å². The molecule has 1 N–H and O–H groups in total. The van der Waals surface area contributed by atoms with E-state index in [1.807, 2.05) is 25.1 Å². The van der Waals surface area contributed by atoms with Gasteiger partial charge in [0, 0.05) is 38.9 Å². The van der Waals surface area contributed by atoms with Crippen molar-refractivity contribution in [3.8, 4) is 11.5 Å². The predicted octanol–water partition coefficient (Wildman–Crippen LogP) is 1.87. The van der Waals surface area contributed by atoms with Crippen molar-refractivity contribution in [3.63, 3.8) is 0 Å². The molecule has 0 radical (unpaired) electrons. The first-order valence-electron chi connectivity index (χ1n) is 9.85. The summed E-state index contributed by atoms with van der Waals surface area (Å²) in [5.74, 6) is 1.78. The predicted molar refractivity (Wildman–Crippen MR) is 112 cm³/mol. The van der Waals surface area contributed by atoms with Crippen LogP contribution in [0.3, 0.4) is 0 Å². The third-order valence-electron chi connectivity index (χ3n) is 5.21. The monoisotopic (exact) mass is 399 g/mol. The van der Waals surface area contributed by atoms with Gasteiger partial charge >= 0.3 is 0 Å². The number of nitrogens with zero attached hydrogens (tertiary/aromatic N) is 4. The van der Waals surface area contributed by atoms with E-state index >= 15 is 0 Å². The van der Waals surface area contributed by atoms with Crippen molar-refractivity contribution in [2.24, 2.45) is 0 Å². The fraction of sp³-hybridized carbons (Fsp3) is 0.476. The number of anilines is 1. The van der Waals surface area contributed by atoms with Gasteiger partial charge in [0.1, 0.15) is 0 Å². The lowest BCUT2D eigenvalue weighted by Crippen LogP contribution is -2.46. The molecule has 1 aliphatic rings. The van der Waals surface area contributed by atoms with Crippen molar-refractivity contribution in [1.82, 2.24) is 20.2 Å². The standard InChI is InChI=1S/C21H29N5O3/c1-5-25-8-10-26(11-9-25)21-23-14-17(15(2)24-21)20(27)22-13-16-6-7-18(28-3)19(12-16)29-4/h6-7,12,14H,5,8-11,13H2,1-4H3,(H,22,27). The summed E-state index contributed by atoms with van der Waals surface area (Å²) in [5.41, 5.74) is 2.08. The Hall–Kier alpha value is -2.87. The fourth-order valence-corrected chi connectivity index (χ4v) is 3.36. The minimum atomic E-state index is -0.195. The Morgan fingerprint density at radius 2 is 1.86 bits per heavy atom. The number of nitrogens with one attached hydrogen (secondary N) is 1. The number of ether oxygens (including phenoxy) is 2. The summed E-state index contributed by atoms with van der Waals surface area (Å²) in [6.07, 6.45) is 1.62. The highest BCUT2D eigenvalue weighted by Crippen LogP contribution is 2.27. The smallest absolute Gasteiger partial charge is 0.254 e. The number of methoxy groups -OCH3 is 2. The Balaban J connectivity index is 1.63. The van der Waals surface area contributed by atoms with E-state index in [2.05, 4.69) is 32.0 Å². The molecule has 0 aliphatic carbocycles. The van der Waals surface area contributed by atoms with E-state index in [1.54, 1.807) is 20.4 Å². The molecule has 0 saturated carbocycles. The van der Waals surface area contributed by atoms with E-state index in [0.717, 1.165) is 38.3 Å². The quantitative estimate of drug-likeness (QED) is 0.761. The van der Waals surface area contributed by atoms with E-state index in [1.165, 1.54) is 0 Å². The zero-order valence-electron chi connectivity index (χ0n) is 17.6. The normalized spacial score (nSPS) is 14.6. The molecule has 3 rings (SSSR count). The van der Waals surface area contributed by atoms with Crippen LogP contribution in [0.15, 0.2) is 24.4 Å². The molecule has 0 atom stereocenters. The van der Waals surface area contributed by atoms with Crippen molar-refractivity contribution in [1.29, 1.82) is 0 Å². The minimum Gasteiger partial charge on any atom is -0.493 e. The van der Waals surface area contributed by atoms with E-state index in [4.69, 9.17) is 9.47 Å². The lowest BCUT2D eigenvalue weighted by molar-refractivity contribution is 0.0949. The van der Waals surface area contributed by atoms with Crippen LogP contribution in [0.25, 0.3) is 0 Å². The highest BCUT2D eigenvalue weighted by Gasteiger charge is 2.19. The number of piperazine rings is 1. The van der Waals surface area contributed by atoms with Crippen LogP contribution in [-0.4, -0.2) is 67.7 Å². The molecule has 156 valence electrons. The number of aryl methyl sites for hydroxylation is 1. The van der Waals surface area contributed by atoms with Crippen LogP contribution in [0.5, 0.6) is 11.5 Å². The Kier molecular flexibility index (Phi) is 6.87. The highest BCUT2D eigenvalue weighted by atomic mass is 16.5. The summed E-state index contributed by atoms with van der Waals surface area (Å²) in [7, 11) is 3.18. The summed E-state index contributed by atoms with van der Waals surface area (Å²) < 4.78 is 10.5. The molecule has 1 aromatic heterocycles. The summed E-state index contributed by atoms with van der Waals surface area (Å²) in [6.45, 7) is 9.27. The van der Waals surface area contributed by atoms with Crippen LogP contribution in [0, 0.1) is 6.92 Å². The van der Waals surface area contributed by atoms with E-state index in [9.17, 15) is 4.79 Å². The van der Waals surface area contributed by atoms with E-state index < -0.39 is 0 Å². The number of carbonyl (C=O) groups is 1. The van der Waals surface area contributed by atoms with Gasteiger partial charge in [-0.25, -0.2) is 9.97 Å². The van der Waals surface area contributed by atoms with Crippen molar-refractivity contribution in [3.05, 3.63) is 41.2 Å². The first-order valence-corrected chi connectivity index (χ1v) is 9.85. The van der Waals surface area contributed by atoms with Gasteiger partial charge in [0.15, 0.2) is 11.5 Å². The molecule has 29 heavy (non-hydrogen) atoms. The summed E-state index contributed by atoms with van der Waals surface area (Å²) in [5, 5.41) is 2.92. The van der Waals surface area contributed by atoms with Crippen molar-refractivity contribution in [2.75, 3.05) is 51.8 Å². The fourth-order valence-electron chi connectivity index (χ4n) is 3.36. The number of likely N-dealkylation sites (N-methyl/N-ethyl adjacent to an activating group) is 1. The second kappa shape index (κ2) is 9.56. The number of hydrogen-bond donors (Lipinski definition) is 1. The van der Waals surface area contributed by atoms with Crippen molar-refractivity contribution in [2.45, 2.75) is 20.4 Å². The summed E-state index contributed by atoms with van der Waals surface area (Å²) >= 11 is 0. The maximum Gasteiger partial charge on any atom is 0.254 e. The van der Waals surface area contributed by atoms with Gasteiger partial charge in [-0.2, -0.15) is 0 Å². The topological polar surface area (TPSA) is 79.8 Å². The van der Waals surface area contributed by atoms with Gasteiger partial charge in [-0.15, -0.1) is 0 Å². The molecule has 0 bridgehead atoms. The van der Waals surface area contributed by atoms with Crippen LogP contribution in [0.1, 0.15) is 28.5 Å². The van der Waals surface area contributed by atoms with Gasteiger partial charge in [0.25, 0.3) is 5.91 Å². The molecule has 0 spiro atoms. The van der Waals surface area contributed by atoms with Crippen molar-refractivity contribution >= 4 is 11.9 Å². The van der Waals surface area contributed by atoms with Crippen LogP contribution >= 0.6 is 0 Å². The van der Waals surface area contributed by atoms with Gasteiger partial charge in [-0.05, 0) is 31.2 Å². The molecule has 2 heterocycles. The molecule has 2 aromatic rings. The number of rotatable bonds is 7. The molecule has 8 heteroatoms. The summed E-state index contributed by atoms with van der Waals surface area (Å²) in [4.78, 5) is 26.2. The van der Waals surface area contributed by atoms with Gasteiger partial charge < -0.3 is 24.6 Å². The van der Waals surface area contributed by atoms with E-state index in [0.29, 0.717) is 35.2 Å². The number of hydrogen-bond acceptors (Lipinski definition) is 7. The second-order valence-electron chi connectivity index (χ2n) is 6.96. The summed E-state index contributed by atoms with van der Waals surface area (Å²) in [6, 6.07) is 5.56. The molecule has 1 amide bonds. The van der Waals surface area contributed by atoms with Crippen LogP contribution in [-0.2, 0) is 6.54 Å². The van der Waals surface area contributed by atoms with Gasteiger partial charge in [-0.3, -0.25) is 4.79 Å². The Morgan fingerprint density at radius 1 is 1.14 bits per heavy atom. The third-order valence-corrected chi connectivity index (χ3v) is 5.21. The number of amides is 1. The van der Waals surface area contributed by atoms with Gasteiger partial charge in [-0.1, -0.05) is 13.0 Å². The zero-order valence-corrected chi connectivity index (χ0v) is 17.6. The SMILES string of the molecule is CCN1CCN(c2ncc(C(=O)NCc3ccc(OC)c(OC)c3)c(C)n2)CC1. The Bertz CT molecular complexity index is 850. The average molecular weight is 399 g/mol. The Morgan fingerprint density at radius 3 is 2.48 bits per heavy atom. The van der Waals surface area contributed by atoms with Crippen molar-refractivity contribution < 1.29 is 14.3 Å². The third kappa shape index (κ3) is 4.95. The molecule has 1 saturated heterocycles. The minimum absolute atomic E-state index is 0.195. The lowest BCUT2D eigenvalue weighted by Gasteiger charge is -2.34. The Labute approximate surface area is 171 Å². The number of aromatic nitrogens is 2. The van der Waals surface area contributed by atoms with E-state index in [-0.39, 0.29) is 5.91 Å². The van der Waals surface area contributed by atoms with Crippen LogP contribution in [0.2, 0.25) is 0 Å². The molecule has 0 unspecified atom stereocenters.